The highest BCUT2D eigenvalue weighted by molar-refractivity contribution is 6.31. The lowest BCUT2D eigenvalue weighted by Crippen LogP contribution is -2.49. The van der Waals surface area contributed by atoms with E-state index in [0.29, 0.717) is 110 Å². The number of aromatic nitrogens is 14. The molecule has 0 radical (unpaired) electrons. The normalized spacial score (nSPS) is 24.0. The number of imidazole rings is 3. The van der Waals surface area contributed by atoms with Crippen molar-refractivity contribution in [2.45, 2.75) is 187 Å². The molecule has 10 aromatic heterocycles. The van der Waals surface area contributed by atoms with E-state index in [4.69, 9.17) is 68.7 Å². The second kappa shape index (κ2) is 33.9. The smallest absolute Gasteiger partial charge is 0.439 e. The molecular formula is C84H95Cl3FN17O8. The van der Waals surface area contributed by atoms with E-state index in [1.807, 2.05) is 23.1 Å². The number of fused-ring (bicyclic) bond motifs is 4. The third kappa shape index (κ3) is 16.8. The van der Waals surface area contributed by atoms with E-state index in [1.165, 1.54) is 82.0 Å². The number of morpholine rings is 2. The number of ether oxygens (including phenoxy) is 2. The number of aromatic carboxylic acids is 2. The number of benzene rings is 1. The van der Waals surface area contributed by atoms with Crippen LogP contribution in [0.25, 0.3) is 78.4 Å². The van der Waals surface area contributed by atoms with E-state index in [9.17, 15) is 29.0 Å². The minimum absolute atomic E-state index is 0.00467. The Kier molecular flexibility index (Phi) is 23.3. The van der Waals surface area contributed by atoms with Gasteiger partial charge in [0.05, 0.1) is 109 Å². The summed E-state index contributed by atoms with van der Waals surface area (Å²) in [5, 5.41) is 24.9. The van der Waals surface area contributed by atoms with Gasteiger partial charge >= 0.3 is 17.7 Å². The molecule has 2 unspecified atom stereocenters. The van der Waals surface area contributed by atoms with Gasteiger partial charge in [-0.3, -0.25) is 24.5 Å². The third-order valence-corrected chi connectivity index (χ3v) is 24.9. The van der Waals surface area contributed by atoms with Crippen LogP contribution in [-0.4, -0.2) is 155 Å². The molecule has 1 aromatic carbocycles. The molecule has 113 heavy (non-hydrogen) atoms. The SMILES string of the molecule is CC1CCC(Cn2c(N3CC(C)OCC3c3ccccc3)nc3cc(-c4noc(=O)[nH]4)nc(-c4cncc(Cl)c4)c32)CC1.CC1CCC(Cn2c(N3CCC[C@H]3CF)nc3cc(C(=O)O)nc(-c4cncc(Cl)c4)c32)CC1.CC1CCC(Cn2c(N3CCO[C@@H]4CCC[C@H]43)nc3cc(C(=O)O)nc(-c4cncc(Cl)c4)c32)CC1. The maximum Gasteiger partial charge on any atom is 0.439 e. The number of alkyl halides is 1. The van der Waals surface area contributed by atoms with E-state index in [0.717, 1.165) is 135 Å². The summed E-state index contributed by atoms with van der Waals surface area (Å²) in [5.74, 6) is 3.66. The summed E-state index contributed by atoms with van der Waals surface area (Å²) in [4.78, 5) is 87.5. The molecule has 0 spiro atoms. The van der Waals surface area contributed by atoms with Gasteiger partial charge in [-0.15, -0.1) is 0 Å². The number of nitrogens with one attached hydrogen (secondary N) is 1. The lowest BCUT2D eigenvalue weighted by Gasteiger charge is -2.40. The third-order valence-electron chi connectivity index (χ3n) is 24.3. The summed E-state index contributed by atoms with van der Waals surface area (Å²) in [5.41, 5.74) is 9.79. The first-order valence-corrected chi connectivity index (χ1v) is 41.2. The second-order valence-electron chi connectivity index (χ2n) is 32.3. The van der Waals surface area contributed by atoms with Crippen LogP contribution in [0.3, 0.4) is 0 Å². The fraction of sp³-hybridized carbons (Fsp3) is 0.488. The summed E-state index contributed by atoms with van der Waals surface area (Å²) in [6.45, 7) is 14.5. The molecule has 18 rings (SSSR count). The van der Waals surface area contributed by atoms with Crippen LogP contribution >= 0.6 is 34.8 Å². The van der Waals surface area contributed by atoms with Crippen LogP contribution in [0.4, 0.5) is 22.2 Å². The van der Waals surface area contributed by atoms with Gasteiger partial charge in [0.25, 0.3) is 0 Å². The topological polar surface area (TPSA) is 292 Å². The first-order valence-electron chi connectivity index (χ1n) is 40.1. The van der Waals surface area contributed by atoms with Crippen molar-refractivity contribution in [3.63, 3.8) is 0 Å². The minimum Gasteiger partial charge on any atom is -0.477 e. The number of nitrogens with zero attached hydrogens (tertiary/aromatic N) is 16. The number of aromatic amines is 1. The molecule has 7 aliphatic rings. The zero-order valence-electron chi connectivity index (χ0n) is 64.1. The first-order chi connectivity index (χ1) is 54.8. The van der Waals surface area contributed by atoms with Crippen LogP contribution in [-0.2, 0) is 29.1 Å². The van der Waals surface area contributed by atoms with Crippen molar-refractivity contribution >= 4 is 97.7 Å². The Morgan fingerprint density at radius 2 is 1.01 bits per heavy atom. The molecular weight excluding hydrogens is 1500 g/mol. The van der Waals surface area contributed by atoms with Crippen LogP contribution < -0.4 is 20.5 Å². The monoisotopic (exact) mass is 1590 g/mol. The first kappa shape index (κ1) is 77.5. The number of halogens is 4. The quantitative estimate of drug-likeness (QED) is 0.0763. The van der Waals surface area contributed by atoms with E-state index in [1.54, 1.807) is 49.2 Å². The summed E-state index contributed by atoms with van der Waals surface area (Å²) in [7, 11) is 0. The van der Waals surface area contributed by atoms with E-state index in [-0.39, 0.29) is 41.5 Å². The van der Waals surface area contributed by atoms with E-state index < -0.39 is 24.4 Å². The molecule has 7 fully saturated rings. The van der Waals surface area contributed by atoms with E-state index in [2.05, 4.69) is 111 Å². The van der Waals surface area contributed by atoms with Gasteiger partial charge < -0.3 is 48.1 Å². The van der Waals surface area contributed by atoms with Crippen LogP contribution in [0.5, 0.6) is 0 Å². The number of carboxylic acid groups (broad SMARTS) is 2. The molecule has 3 N–H and O–H groups in total. The van der Waals surface area contributed by atoms with Crippen LogP contribution in [0.15, 0.2) is 113 Å². The Bertz CT molecular complexity index is 5300. The van der Waals surface area contributed by atoms with Crippen LogP contribution in [0, 0.1) is 35.5 Å². The Morgan fingerprint density at radius 1 is 0.531 bits per heavy atom. The predicted octanol–water partition coefficient (Wildman–Crippen LogP) is 17.3. The number of H-pyrrole nitrogens is 1. The fourth-order valence-corrected chi connectivity index (χ4v) is 18.8. The van der Waals surface area contributed by atoms with Crippen molar-refractivity contribution in [2.24, 2.45) is 35.5 Å². The summed E-state index contributed by atoms with van der Waals surface area (Å²) in [6, 6.07) is 20.9. The van der Waals surface area contributed by atoms with Crippen molar-refractivity contribution in [1.82, 2.24) is 68.7 Å². The van der Waals surface area contributed by atoms with Crippen molar-refractivity contribution in [3.05, 3.63) is 146 Å². The number of hydrogen-bond donors (Lipinski definition) is 3. The van der Waals surface area contributed by atoms with Crippen molar-refractivity contribution in [1.29, 1.82) is 0 Å². The Labute approximate surface area is 669 Å². The highest BCUT2D eigenvalue weighted by Crippen LogP contribution is 2.45. The maximum absolute atomic E-state index is 13.9. The molecule has 25 nitrogen and oxygen atoms in total. The van der Waals surface area contributed by atoms with Gasteiger partial charge in [0.15, 0.2) is 11.4 Å². The largest absolute Gasteiger partial charge is 0.477 e. The number of carbonyl (C=O) groups is 2. The number of anilines is 3. The minimum atomic E-state index is -1.13. The lowest BCUT2D eigenvalue weighted by atomic mass is 9.83. The number of carboxylic acids is 2. The fourth-order valence-electron chi connectivity index (χ4n) is 18.2. The van der Waals surface area contributed by atoms with Gasteiger partial charge in [-0.2, -0.15) is 0 Å². The molecule has 4 saturated carbocycles. The predicted molar refractivity (Wildman–Crippen MR) is 434 cm³/mol. The average Bonchev–Trinajstić information content (AvgIpc) is 1.61. The highest BCUT2D eigenvalue weighted by Gasteiger charge is 2.41. The van der Waals surface area contributed by atoms with Crippen molar-refractivity contribution < 1.29 is 38.2 Å². The van der Waals surface area contributed by atoms with Crippen LogP contribution in [0.1, 0.15) is 169 Å². The molecule has 5 atom stereocenters. The van der Waals surface area contributed by atoms with Crippen molar-refractivity contribution in [2.75, 3.05) is 54.2 Å². The zero-order chi connectivity index (χ0) is 78.1. The second-order valence-corrected chi connectivity index (χ2v) is 33.6. The Morgan fingerprint density at radius 3 is 1.48 bits per heavy atom. The molecule has 0 bridgehead atoms. The average molecular weight is 1600 g/mol. The lowest BCUT2D eigenvalue weighted by molar-refractivity contribution is 0.0247. The van der Waals surface area contributed by atoms with Crippen molar-refractivity contribution in [3.8, 4) is 45.3 Å². The molecule has 3 aliphatic heterocycles. The summed E-state index contributed by atoms with van der Waals surface area (Å²) < 4.78 is 37.8. The summed E-state index contributed by atoms with van der Waals surface area (Å²) in [6.07, 6.45) is 29.3. The van der Waals surface area contributed by atoms with Crippen LogP contribution in [0.2, 0.25) is 15.1 Å². The number of hydrogen-bond acceptors (Lipinski definition) is 19. The molecule has 4 aliphatic carbocycles. The van der Waals surface area contributed by atoms with Gasteiger partial charge in [-0.25, -0.2) is 48.7 Å². The van der Waals surface area contributed by atoms with E-state index >= 15 is 0 Å². The number of pyridine rings is 6. The van der Waals surface area contributed by atoms with Gasteiger partial charge in [-0.1, -0.05) is 130 Å². The molecule has 13 heterocycles. The van der Waals surface area contributed by atoms with Gasteiger partial charge in [0.2, 0.25) is 23.7 Å². The van der Waals surface area contributed by atoms with Gasteiger partial charge in [0.1, 0.15) is 12.4 Å². The molecule has 0 amide bonds. The highest BCUT2D eigenvalue weighted by atomic mass is 35.5. The molecule has 29 heteroatoms. The Balaban J connectivity index is 0.000000129. The molecule has 3 saturated heterocycles. The number of rotatable bonds is 17. The standard InChI is InChI=1S/C32H34ClN7O3.C27H32ClN5O3.C25H29ClFN5O2/c1-19-8-10-21(11-9-19)17-40-29-25(36-31(40)39-16-20(2)42-18-27(39)22-6-4-3-5-7-22)13-26(30-37-32(41)43-38-30)35-28(29)23-12-24(33)15-34-14-23;1-16-5-7-17(8-6-16)15-33-25-20(31-27(33)32-9-10-36-23-4-2-3-22(23)32)12-21(26(34)35)30-24(25)18-11-19(28)14-29-13-18;1-15-4-6-16(7-5-15)14-32-23-20(30-25(32)31-8-2-3-19(31)11-27)10-21(24(33)34)29-22(23)17-9-18(26)13-28-12-17/h3-7,12-15,19-21,27H,8-11,16-18H2,1-2H3,(H,37,38,41);11-14,16-17,22-23H,2-10,15H2,1H3,(H,34,35);9-10,12-13,15-16,19H,2-8,11,14H2,1H3,(H,33,34)/t;16?,17?,22-,23-;15?,16?,19-/m.10/s1. The van der Waals surface area contributed by atoms with Gasteiger partial charge in [-0.05, 0) is 155 Å². The maximum atomic E-state index is 13.9. The Hall–Kier alpha value is -9.47. The molecule has 11 aromatic rings. The molecule has 592 valence electrons. The van der Waals surface area contributed by atoms with Gasteiger partial charge in [0, 0.05) is 93.1 Å². The summed E-state index contributed by atoms with van der Waals surface area (Å²) >= 11 is 19.0. The zero-order valence-corrected chi connectivity index (χ0v) is 66.3.